The summed E-state index contributed by atoms with van der Waals surface area (Å²) in [6, 6.07) is 2.28. The molecule has 2 rings (SSSR count). The first-order valence-corrected chi connectivity index (χ1v) is 7.51. The first-order chi connectivity index (χ1) is 8.90. The summed E-state index contributed by atoms with van der Waals surface area (Å²) >= 11 is 0. The highest BCUT2D eigenvalue weighted by Crippen LogP contribution is 2.21. The van der Waals surface area contributed by atoms with Crippen LogP contribution in [0.15, 0.2) is 17.0 Å². The summed E-state index contributed by atoms with van der Waals surface area (Å²) in [4.78, 5) is -0.408. The van der Waals surface area contributed by atoms with Gasteiger partial charge in [-0.25, -0.2) is 17.5 Å². The van der Waals surface area contributed by atoms with E-state index in [1.807, 2.05) is 0 Å². The van der Waals surface area contributed by atoms with Crippen LogP contribution in [0.25, 0.3) is 0 Å². The van der Waals surface area contributed by atoms with Crippen LogP contribution >= 0.6 is 0 Å². The van der Waals surface area contributed by atoms with Crippen LogP contribution in [-0.2, 0) is 14.8 Å². The van der Waals surface area contributed by atoms with E-state index in [1.54, 1.807) is 6.92 Å². The maximum atomic E-state index is 13.7. The van der Waals surface area contributed by atoms with Gasteiger partial charge in [-0.1, -0.05) is 0 Å². The van der Waals surface area contributed by atoms with E-state index in [2.05, 4.69) is 4.72 Å². The Balaban J connectivity index is 2.16. The number of hydrogen-bond donors (Lipinski definition) is 2. The summed E-state index contributed by atoms with van der Waals surface area (Å²) in [6.07, 6.45) is 0.807. The van der Waals surface area contributed by atoms with E-state index in [-0.39, 0.29) is 18.2 Å². The lowest BCUT2D eigenvalue weighted by Crippen LogP contribution is -2.30. The third kappa shape index (κ3) is 3.23. The van der Waals surface area contributed by atoms with Gasteiger partial charge in [0.05, 0.1) is 6.61 Å². The zero-order valence-corrected chi connectivity index (χ0v) is 11.5. The van der Waals surface area contributed by atoms with Crippen molar-refractivity contribution in [3.63, 3.8) is 0 Å². The molecule has 1 atom stereocenters. The summed E-state index contributed by atoms with van der Waals surface area (Å²) in [7, 11) is -3.88. The average molecular weight is 288 g/mol. The van der Waals surface area contributed by atoms with E-state index in [1.165, 1.54) is 0 Å². The lowest BCUT2D eigenvalue weighted by molar-refractivity contribution is 0.186. The lowest BCUT2D eigenvalue weighted by Gasteiger charge is -2.12. The molecule has 19 heavy (non-hydrogen) atoms. The van der Waals surface area contributed by atoms with E-state index in [0.29, 0.717) is 18.8 Å². The van der Waals surface area contributed by atoms with Crippen molar-refractivity contribution in [2.45, 2.75) is 18.2 Å². The molecule has 1 saturated heterocycles. The highest BCUT2D eigenvalue weighted by molar-refractivity contribution is 7.89. The SMILES string of the molecule is Cc1cc(F)c(S(=O)(=O)NCC2CCOC2)cc1N. The standard InChI is InChI=1S/C12H17FN2O3S/c1-8-4-10(13)12(5-11(8)14)19(16,17)15-6-9-2-3-18-7-9/h4-5,9,15H,2-3,6-7,14H2,1H3. The molecule has 1 unspecified atom stereocenters. The second-order valence-corrected chi connectivity index (χ2v) is 6.46. The molecule has 1 aromatic carbocycles. The number of sulfonamides is 1. The molecule has 7 heteroatoms. The number of benzene rings is 1. The Kier molecular flexibility index (Phi) is 4.07. The van der Waals surface area contributed by atoms with Crippen molar-refractivity contribution in [1.82, 2.24) is 4.72 Å². The number of anilines is 1. The molecule has 3 N–H and O–H groups in total. The van der Waals surface area contributed by atoms with Crippen LogP contribution in [0.1, 0.15) is 12.0 Å². The zero-order valence-electron chi connectivity index (χ0n) is 10.6. The van der Waals surface area contributed by atoms with Crippen LogP contribution in [0.4, 0.5) is 10.1 Å². The maximum Gasteiger partial charge on any atom is 0.243 e. The van der Waals surface area contributed by atoms with Crippen LogP contribution in [0, 0.1) is 18.7 Å². The maximum absolute atomic E-state index is 13.7. The Morgan fingerprint density at radius 1 is 1.53 bits per heavy atom. The fourth-order valence-electron chi connectivity index (χ4n) is 1.92. The predicted octanol–water partition coefficient (Wildman–Crippen LogP) is 1.03. The highest BCUT2D eigenvalue weighted by atomic mass is 32.2. The number of hydrogen-bond acceptors (Lipinski definition) is 4. The first kappa shape index (κ1) is 14.2. The normalized spacial score (nSPS) is 19.8. The molecular formula is C12H17FN2O3S. The molecule has 0 radical (unpaired) electrons. The molecule has 0 aliphatic carbocycles. The number of nitrogens with two attached hydrogens (primary N) is 1. The van der Waals surface area contributed by atoms with Crippen LogP contribution in [0.5, 0.6) is 0 Å². The Hall–Kier alpha value is -1.18. The fourth-order valence-corrected chi connectivity index (χ4v) is 3.13. The smallest absolute Gasteiger partial charge is 0.243 e. The van der Waals surface area contributed by atoms with Crippen molar-refractivity contribution in [2.75, 3.05) is 25.5 Å². The highest BCUT2D eigenvalue weighted by Gasteiger charge is 2.23. The Labute approximate surface area is 112 Å². The Morgan fingerprint density at radius 2 is 2.26 bits per heavy atom. The van der Waals surface area contributed by atoms with Crippen molar-refractivity contribution in [3.05, 3.63) is 23.5 Å². The van der Waals surface area contributed by atoms with Crippen molar-refractivity contribution in [2.24, 2.45) is 5.92 Å². The molecule has 1 aliphatic rings. The predicted molar refractivity (Wildman–Crippen MR) is 69.7 cm³/mol. The fraction of sp³-hybridized carbons (Fsp3) is 0.500. The third-order valence-corrected chi connectivity index (χ3v) is 4.63. The van der Waals surface area contributed by atoms with Crippen LogP contribution in [0.2, 0.25) is 0 Å². The largest absolute Gasteiger partial charge is 0.398 e. The summed E-state index contributed by atoms with van der Waals surface area (Å²) in [5.74, 6) is -0.650. The van der Waals surface area contributed by atoms with E-state index in [0.717, 1.165) is 18.6 Å². The summed E-state index contributed by atoms with van der Waals surface area (Å²) < 4.78 is 45.3. The molecular weight excluding hydrogens is 271 g/mol. The number of halogens is 1. The summed E-state index contributed by atoms with van der Waals surface area (Å²) in [6.45, 7) is 3.03. The summed E-state index contributed by atoms with van der Waals surface area (Å²) in [5, 5.41) is 0. The van der Waals surface area contributed by atoms with Gasteiger partial charge >= 0.3 is 0 Å². The first-order valence-electron chi connectivity index (χ1n) is 6.03. The van der Waals surface area contributed by atoms with Crippen LogP contribution in [0.3, 0.4) is 0 Å². The zero-order chi connectivity index (χ0) is 14.0. The monoisotopic (exact) mass is 288 g/mol. The molecule has 5 nitrogen and oxygen atoms in total. The molecule has 0 spiro atoms. The van der Waals surface area contributed by atoms with Crippen LogP contribution < -0.4 is 10.5 Å². The van der Waals surface area contributed by atoms with Gasteiger partial charge in [0.1, 0.15) is 10.7 Å². The lowest BCUT2D eigenvalue weighted by atomic mass is 10.1. The molecule has 1 fully saturated rings. The van der Waals surface area contributed by atoms with Crippen molar-refractivity contribution >= 4 is 15.7 Å². The Bertz CT molecular complexity index is 569. The van der Waals surface area contributed by atoms with E-state index in [9.17, 15) is 12.8 Å². The molecule has 1 aromatic rings. The third-order valence-electron chi connectivity index (χ3n) is 3.20. The molecule has 1 aliphatic heterocycles. The van der Waals surface area contributed by atoms with Crippen LogP contribution in [-0.4, -0.2) is 28.2 Å². The molecule has 0 saturated carbocycles. The number of aryl methyl sites for hydroxylation is 1. The van der Waals surface area contributed by atoms with Gasteiger partial charge in [0, 0.05) is 18.8 Å². The minimum atomic E-state index is -3.88. The molecule has 0 aromatic heterocycles. The van der Waals surface area contributed by atoms with Gasteiger partial charge in [-0.2, -0.15) is 0 Å². The van der Waals surface area contributed by atoms with Crippen molar-refractivity contribution < 1.29 is 17.5 Å². The van der Waals surface area contributed by atoms with E-state index < -0.39 is 20.7 Å². The number of nitrogens with one attached hydrogen (secondary N) is 1. The van der Waals surface area contributed by atoms with E-state index in [4.69, 9.17) is 10.5 Å². The molecule has 0 bridgehead atoms. The number of rotatable bonds is 4. The average Bonchev–Trinajstić information content (AvgIpc) is 2.84. The van der Waals surface area contributed by atoms with Gasteiger partial charge in [-0.05, 0) is 37.0 Å². The molecule has 1 heterocycles. The van der Waals surface area contributed by atoms with Gasteiger partial charge in [0.25, 0.3) is 0 Å². The Morgan fingerprint density at radius 3 is 2.89 bits per heavy atom. The van der Waals surface area contributed by atoms with Crippen molar-refractivity contribution in [3.8, 4) is 0 Å². The van der Waals surface area contributed by atoms with Gasteiger partial charge in [0.2, 0.25) is 10.0 Å². The van der Waals surface area contributed by atoms with E-state index >= 15 is 0 Å². The summed E-state index contributed by atoms with van der Waals surface area (Å²) in [5.41, 5.74) is 6.40. The number of nitrogen functional groups attached to an aromatic ring is 1. The minimum absolute atomic E-state index is 0.139. The second kappa shape index (κ2) is 5.44. The molecule has 0 amide bonds. The van der Waals surface area contributed by atoms with Crippen molar-refractivity contribution in [1.29, 1.82) is 0 Å². The molecule has 106 valence electrons. The number of ether oxygens (including phenoxy) is 1. The van der Waals surface area contributed by atoms with Gasteiger partial charge in [-0.15, -0.1) is 0 Å². The van der Waals surface area contributed by atoms with Gasteiger partial charge in [-0.3, -0.25) is 0 Å². The quantitative estimate of drug-likeness (QED) is 0.811. The van der Waals surface area contributed by atoms with Gasteiger partial charge < -0.3 is 10.5 Å². The topological polar surface area (TPSA) is 81.4 Å². The minimum Gasteiger partial charge on any atom is -0.398 e. The second-order valence-electron chi connectivity index (χ2n) is 4.72. The van der Waals surface area contributed by atoms with Gasteiger partial charge in [0.15, 0.2) is 0 Å².